The van der Waals surface area contributed by atoms with Crippen molar-refractivity contribution in [2.45, 2.75) is 19.9 Å². The summed E-state index contributed by atoms with van der Waals surface area (Å²) in [6.07, 6.45) is 3.66. The molecule has 0 radical (unpaired) electrons. The second-order valence-electron chi connectivity index (χ2n) is 4.04. The van der Waals surface area contributed by atoms with E-state index in [0.29, 0.717) is 6.04 Å². The fourth-order valence-corrected chi connectivity index (χ4v) is 1.76. The average Bonchev–Trinajstić information content (AvgIpc) is 2.29. The van der Waals surface area contributed by atoms with Crippen LogP contribution in [0.3, 0.4) is 0 Å². The summed E-state index contributed by atoms with van der Waals surface area (Å²) in [6.45, 7) is 4.22. The van der Waals surface area contributed by atoms with E-state index in [-0.39, 0.29) is 0 Å². The molecule has 2 aromatic rings. The number of fused-ring (bicyclic) bond motifs is 1. The van der Waals surface area contributed by atoms with E-state index in [9.17, 15) is 0 Å². The maximum atomic E-state index is 5.37. The minimum absolute atomic E-state index is 0.368. The molecule has 0 bridgehead atoms. The third-order valence-corrected chi connectivity index (χ3v) is 2.43. The molecule has 1 aromatic heterocycles. The summed E-state index contributed by atoms with van der Waals surface area (Å²) in [6, 6.07) is 6.36. The fraction of sp³-hybridized carbons (Fsp3) is 0.308. The van der Waals surface area contributed by atoms with Gasteiger partial charge in [0.25, 0.3) is 0 Å². The molecule has 1 N–H and O–H groups in total. The predicted molar refractivity (Wildman–Crippen MR) is 67.1 cm³/mol. The topological polar surface area (TPSA) is 34.1 Å². The normalized spacial score (nSPS) is 10.8. The van der Waals surface area contributed by atoms with Crippen molar-refractivity contribution in [3.63, 3.8) is 0 Å². The summed E-state index contributed by atoms with van der Waals surface area (Å²) in [5, 5.41) is 5.67. The first-order valence-corrected chi connectivity index (χ1v) is 5.39. The number of hydrogen-bond donors (Lipinski definition) is 1. The quantitative estimate of drug-likeness (QED) is 0.856. The molecule has 16 heavy (non-hydrogen) atoms. The summed E-state index contributed by atoms with van der Waals surface area (Å²) in [7, 11) is 1.69. The first-order chi connectivity index (χ1) is 7.72. The first kappa shape index (κ1) is 10.7. The smallest absolute Gasteiger partial charge is 0.142 e. The predicted octanol–water partition coefficient (Wildman–Crippen LogP) is 3.06. The van der Waals surface area contributed by atoms with Gasteiger partial charge in [0.2, 0.25) is 0 Å². The maximum absolute atomic E-state index is 5.37. The second kappa shape index (κ2) is 4.39. The summed E-state index contributed by atoms with van der Waals surface area (Å²) >= 11 is 0. The zero-order chi connectivity index (χ0) is 11.5. The minimum Gasteiger partial charge on any atom is -0.495 e. The van der Waals surface area contributed by atoms with Crippen LogP contribution < -0.4 is 10.1 Å². The molecule has 0 fully saturated rings. The molecule has 0 atom stereocenters. The zero-order valence-corrected chi connectivity index (χ0v) is 9.82. The van der Waals surface area contributed by atoms with E-state index in [1.54, 1.807) is 13.3 Å². The monoisotopic (exact) mass is 216 g/mol. The molecule has 0 unspecified atom stereocenters. The molecule has 1 heterocycles. The number of nitrogens with one attached hydrogen (secondary N) is 1. The number of hydrogen-bond acceptors (Lipinski definition) is 3. The van der Waals surface area contributed by atoms with Gasteiger partial charge in [0.05, 0.1) is 12.8 Å². The molecule has 3 nitrogen and oxygen atoms in total. The van der Waals surface area contributed by atoms with E-state index in [1.165, 1.54) is 0 Å². The lowest BCUT2D eigenvalue weighted by molar-refractivity contribution is 0.416. The Morgan fingerprint density at radius 2 is 2.06 bits per heavy atom. The molecule has 3 heteroatoms. The highest BCUT2D eigenvalue weighted by molar-refractivity contribution is 5.96. The lowest BCUT2D eigenvalue weighted by Crippen LogP contribution is -2.11. The van der Waals surface area contributed by atoms with Crippen molar-refractivity contribution in [1.82, 2.24) is 4.98 Å². The Bertz CT molecular complexity index is 494. The third kappa shape index (κ3) is 1.94. The van der Waals surface area contributed by atoms with Crippen molar-refractivity contribution in [2.75, 3.05) is 12.4 Å². The van der Waals surface area contributed by atoms with Crippen LogP contribution in [-0.4, -0.2) is 18.1 Å². The highest BCUT2D eigenvalue weighted by Gasteiger charge is 2.08. The van der Waals surface area contributed by atoms with Gasteiger partial charge in [-0.1, -0.05) is 0 Å². The van der Waals surface area contributed by atoms with Crippen LogP contribution in [-0.2, 0) is 0 Å². The van der Waals surface area contributed by atoms with Crippen molar-refractivity contribution >= 4 is 16.5 Å². The van der Waals surface area contributed by atoms with Gasteiger partial charge >= 0.3 is 0 Å². The van der Waals surface area contributed by atoms with Crippen molar-refractivity contribution < 1.29 is 4.74 Å². The SMILES string of the molecule is COc1ccc2cnccc2c1NC(C)C. The minimum atomic E-state index is 0.368. The van der Waals surface area contributed by atoms with Crippen LogP contribution in [0.5, 0.6) is 5.75 Å². The standard InChI is InChI=1S/C13H16N2O/c1-9(2)15-13-11-6-7-14-8-10(11)4-5-12(13)16-3/h4-9,15H,1-3H3. The molecule has 0 aliphatic rings. The van der Waals surface area contributed by atoms with E-state index in [1.807, 2.05) is 24.4 Å². The molecule has 84 valence electrons. The van der Waals surface area contributed by atoms with Gasteiger partial charge in [-0.3, -0.25) is 4.98 Å². The van der Waals surface area contributed by atoms with Crippen LogP contribution in [0.4, 0.5) is 5.69 Å². The van der Waals surface area contributed by atoms with Gasteiger partial charge < -0.3 is 10.1 Å². The van der Waals surface area contributed by atoms with Gasteiger partial charge in [0.15, 0.2) is 0 Å². The van der Waals surface area contributed by atoms with Crippen LogP contribution in [0.2, 0.25) is 0 Å². The van der Waals surface area contributed by atoms with Crippen LogP contribution in [0.25, 0.3) is 10.8 Å². The highest BCUT2D eigenvalue weighted by Crippen LogP contribution is 2.33. The molecule has 0 saturated carbocycles. The summed E-state index contributed by atoms with van der Waals surface area (Å²) < 4.78 is 5.37. The average molecular weight is 216 g/mol. The fourth-order valence-electron chi connectivity index (χ4n) is 1.76. The van der Waals surface area contributed by atoms with Gasteiger partial charge in [-0.15, -0.1) is 0 Å². The number of rotatable bonds is 3. The van der Waals surface area contributed by atoms with Crippen LogP contribution in [0, 0.1) is 0 Å². The molecule has 0 amide bonds. The molecule has 0 saturated heterocycles. The summed E-state index contributed by atoms with van der Waals surface area (Å²) in [5.41, 5.74) is 1.04. The van der Waals surface area contributed by atoms with Gasteiger partial charge in [-0.05, 0) is 32.0 Å². The number of benzene rings is 1. The Morgan fingerprint density at radius 1 is 1.25 bits per heavy atom. The van der Waals surface area contributed by atoms with E-state index in [4.69, 9.17) is 4.74 Å². The highest BCUT2D eigenvalue weighted by atomic mass is 16.5. The molecular weight excluding hydrogens is 200 g/mol. The Hall–Kier alpha value is -1.77. The number of ether oxygens (including phenoxy) is 1. The Labute approximate surface area is 95.5 Å². The van der Waals surface area contributed by atoms with Crippen molar-refractivity contribution in [3.8, 4) is 5.75 Å². The summed E-state index contributed by atoms with van der Waals surface area (Å²) in [4.78, 5) is 4.12. The molecular formula is C13H16N2O. The molecule has 2 rings (SSSR count). The molecule has 0 aliphatic heterocycles. The van der Waals surface area contributed by atoms with Crippen molar-refractivity contribution in [1.29, 1.82) is 0 Å². The molecule has 0 aliphatic carbocycles. The van der Waals surface area contributed by atoms with E-state index < -0.39 is 0 Å². The van der Waals surface area contributed by atoms with Crippen molar-refractivity contribution in [3.05, 3.63) is 30.6 Å². The Kier molecular flexibility index (Phi) is 2.95. The number of nitrogens with zero attached hydrogens (tertiary/aromatic N) is 1. The van der Waals surface area contributed by atoms with Crippen LogP contribution >= 0.6 is 0 Å². The van der Waals surface area contributed by atoms with Gasteiger partial charge in [0.1, 0.15) is 5.75 Å². The molecule has 0 spiro atoms. The van der Waals surface area contributed by atoms with Gasteiger partial charge in [0, 0.05) is 29.2 Å². The number of anilines is 1. The maximum Gasteiger partial charge on any atom is 0.142 e. The van der Waals surface area contributed by atoms with Crippen LogP contribution in [0.15, 0.2) is 30.6 Å². The van der Waals surface area contributed by atoms with E-state index in [0.717, 1.165) is 22.2 Å². The Morgan fingerprint density at radius 3 is 2.75 bits per heavy atom. The third-order valence-electron chi connectivity index (χ3n) is 2.43. The van der Waals surface area contributed by atoms with Gasteiger partial charge in [-0.25, -0.2) is 0 Å². The number of pyridine rings is 1. The van der Waals surface area contributed by atoms with Crippen molar-refractivity contribution in [2.24, 2.45) is 0 Å². The van der Waals surface area contributed by atoms with E-state index >= 15 is 0 Å². The largest absolute Gasteiger partial charge is 0.495 e. The number of methoxy groups -OCH3 is 1. The lowest BCUT2D eigenvalue weighted by Gasteiger charge is -2.16. The molecule has 1 aromatic carbocycles. The summed E-state index contributed by atoms with van der Waals surface area (Å²) in [5.74, 6) is 0.868. The van der Waals surface area contributed by atoms with Crippen LogP contribution in [0.1, 0.15) is 13.8 Å². The zero-order valence-electron chi connectivity index (χ0n) is 9.82. The Balaban J connectivity index is 2.63. The van der Waals surface area contributed by atoms with E-state index in [2.05, 4.69) is 24.1 Å². The first-order valence-electron chi connectivity index (χ1n) is 5.39. The second-order valence-corrected chi connectivity index (χ2v) is 4.04. The number of aromatic nitrogens is 1. The van der Waals surface area contributed by atoms with Gasteiger partial charge in [-0.2, -0.15) is 0 Å². The lowest BCUT2D eigenvalue weighted by atomic mass is 10.1.